The molecule has 0 aromatic rings. The standard InChI is InChI=1S/C14H31N3/c1-12(15-4)14(2,3)11-16(5)10-13-8-7-9-17(13)6/h12-13,15H,7-11H2,1-6H3. The van der Waals surface area contributed by atoms with E-state index in [1.165, 1.54) is 25.9 Å². The molecule has 2 atom stereocenters. The summed E-state index contributed by atoms with van der Waals surface area (Å²) in [7, 11) is 6.57. The first-order valence-electron chi connectivity index (χ1n) is 6.93. The lowest BCUT2D eigenvalue weighted by atomic mass is 9.85. The minimum atomic E-state index is 0.320. The summed E-state index contributed by atoms with van der Waals surface area (Å²) < 4.78 is 0. The van der Waals surface area contributed by atoms with Gasteiger partial charge in [0.15, 0.2) is 0 Å². The molecule has 1 aliphatic heterocycles. The zero-order chi connectivity index (χ0) is 13.1. The van der Waals surface area contributed by atoms with Crippen molar-refractivity contribution in [1.82, 2.24) is 15.1 Å². The molecule has 2 unspecified atom stereocenters. The van der Waals surface area contributed by atoms with Crippen LogP contribution >= 0.6 is 0 Å². The summed E-state index contributed by atoms with van der Waals surface area (Å²) >= 11 is 0. The molecule has 0 amide bonds. The molecule has 0 bridgehead atoms. The van der Waals surface area contributed by atoms with Gasteiger partial charge in [-0.15, -0.1) is 0 Å². The molecule has 1 fully saturated rings. The van der Waals surface area contributed by atoms with Gasteiger partial charge < -0.3 is 15.1 Å². The highest BCUT2D eigenvalue weighted by atomic mass is 15.2. The minimum absolute atomic E-state index is 0.320. The van der Waals surface area contributed by atoms with E-state index >= 15 is 0 Å². The van der Waals surface area contributed by atoms with Crippen LogP contribution in [0.15, 0.2) is 0 Å². The van der Waals surface area contributed by atoms with Crippen molar-refractivity contribution < 1.29 is 0 Å². The van der Waals surface area contributed by atoms with Gasteiger partial charge in [0.25, 0.3) is 0 Å². The summed E-state index contributed by atoms with van der Waals surface area (Å²) in [5.74, 6) is 0. The lowest BCUT2D eigenvalue weighted by molar-refractivity contribution is 0.141. The average molecular weight is 241 g/mol. The quantitative estimate of drug-likeness (QED) is 0.763. The van der Waals surface area contributed by atoms with E-state index in [2.05, 4.69) is 57.0 Å². The Bertz CT molecular complexity index is 228. The van der Waals surface area contributed by atoms with Gasteiger partial charge in [-0.05, 0) is 52.9 Å². The van der Waals surface area contributed by atoms with Crippen molar-refractivity contribution in [3.63, 3.8) is 0 Å². The van der Waals surface area contributed by atoms with Gasteiger partial charge in [-0.3, -0.25) is 0 Å². The fourth-order valence-electron chi connectivity index (χ4n) is 2.86. The molecule has 17 heavy (non-hydrogen) atoms. The van der Waals surface area contributed by atoms with Crippen LogP contribution in [0.25, 0.3) is 0 Å². The molecular weight excluding hydrogens is 210 g/mol. The SMILES string of the molecule is CNC(C)C(C)(C)CN(C)CC1CCCN1C. The topological polar surface area (TPSA) is 18.5 Å². The van der Waals surface area contributed by atoms with E-state index in [0.29, 0.717) is 11.5 Å². The van der Waals surface area contributed by atoms with E-state index in [9.17, 15) is 0 Å². The fraction of sp³-hybridized carbons (Fsp3) is 1.00. The molecule has 1 saturated heterocycles. The molecule has 0 aliphatic carbocycles. The maximum atomic E-state index is 3.38. The van der Waals surface area contributed by atoms with Crippen molar-refractivity contribution in [1.29, 1.82) is 0 Å². The second kappa shape index (κ2) is 6.17. The Kier molecular flexibility index (Phi) is 5.42. The van der Waals surface area contributed by atoms with Crippen LogP contribution in [-0.2, 0) is 0 Å². The van der Waals surface area contributed by atoms with Gasteiger partial charge in [-0.2, -0.15) is 0 Å². The van der Waals surface area contributed by atoms with Crippen LogP contribution in [0.4, 0.5) is 0 Å². The van der Waals surface area contributed by atoms with E-state index in [0.717, 1.165) is 12.6 Å². The number of hydrogen-bond donors (Lipinski definition) is 1. The summed E-state index contributed by atoms with van der Waals surface area (Å²) in [6.45, 7) is 10.6. The van der Waals surface area contributed by atoms with Crippen molar-refractivity contribution in [2.24, 2.45) is 5.41 Å². The molecule has 1 aliphatic rings. The van der Waals surface area contributed by atoms with Crippen molar-refractivity contribution >= 4 is 0 Å². The predicted molar refractivity (Wildman–Crippen MR) is 75.5 cm³/mol. The van der Waals surface area contributed by atoms with Gasteiger partial charge in [0, 0.05) is 25.2 Å². The molecule has 0 aromatic heterocycles. The van der Waals surface area contributed by atoms with Crippen LogP contribution in [0, 0.1) is 5.41 Å². The van der Waals surface area contributed by atoms with Crippen LogP contribution in [-0.4, -0.2) is 62.7 Å². The molecule has 0 spiro atoms. The number of nitrogens with zero attached hydrogens (tertiary/aromatic N) is 2. The number of likely N-dealkylation sites (N-methyl/N-ethyl adjacent to an activating group) is 2. The van der Waals surface area contributed by atoms with Crippen LogP contribution in [0.1, 0.15) is 33.6 Å². The van der Waals surface area contributed by atoms with Crippen molar-refractivity contribution in [2.45, 2.75) is 45.7 Å². The molecule has 0 saturated carbocycles. The van der Waals surface area contributed by atoms with Gasteiger partial charge in [-0.25, -0.2) is 0 Å². The van der Waals surface area contributed by atoms with Gasteiger partial charge >= 0.3 is 0 Å². The highest BCUT2D eigenvalue weighted by molar-refractivity contribution is 4.85. The number of hydrogen-bond acceptors (Lipinski definition) is 3. The van der Waals surface area contributed by atoms with Gasteiger partial charge in [0.1, 0.15) is 0 Å². The third-order valence-corrected chi connectivity index (χ3v) is 4.48. The molecule has 1 heterocycles. The molecule has 1 N–H and O–H groups in total. The fourth-order valence-corrected chi connectivity index (χ4v) is 2.86. The van der Waals surface area contributed by atoms with E-state index in [-0.39, 0.29) is 0 Å². The lowest BCUT2D eigenvalue weighted by Gasteiger charge is -2.37. The second-order valence-electron chi connectivity index (χ2n) is 6.47. The first-order valence-corrected chi connectivity index (χ1v) is 6.93. The summed E-state index contributed by atoms with van der Waals surface area (Å²) in [5.41, 5.74) is 0.320. The Hall–Kier alpha value is -0.120. The average Bonchev–Trinajstić information content (AvgIpc) is 2.62. The Morgan fingerprint density at radius 1 is 1.47 bits per heavy atom. The molecule has 3 heteroatoms. The molecule has 1 rings (SSSR count). The Balaban J connectivity index is 2.40. The summed E-state index contributed by atoms with van der Waals surface area (Å²) in [6.07, 6.45) is 2.73. The number of nitrogens with one attached hydrogen (secondary N) is 1. The van der Waals surface area contributed by atoms with Crippen LogP contribution in [0.2, 0.25) is 0 Å². The van der Waals surface area contributed by atoms with Gasteiger partial charge in [0.2, 0.25) is 0 Å². The Morgan fingerprint density at radius 2 is 2.12 bits per heavy atom. The highest BCUT2D eigenvalue weighted by Gasteiger charge is 2.28. The van der Waals surface area contributed by atoms with E-state index in [1.54, 1.807) is 0 Å². The third kappa shape index (κ3) is 4.23. The normalized spacial score (nSPS) is 24.5. The first kappa shape index (κ1) is 14.9. The third-order valence-electron chi connectivity index (χ3n) is 4.48. The Morgan fingerprint density at radius 3 is 2.59 bits per heavy atom. The smallest absolute Gasteiger partial charge is 0.0220 e. The number of likely N-dealkylation sites (tertiary alicyclic amines) is 1. The summed E-state index contributed by atoms with van der Waals surface area (Å²) in [5, 5.41) is 3.38. The van der Waals surface area contributed by atoms with Gasteiger partial charge in [0.05, 0.1) is 0 Å². The second-order valence-corrected chi connectivity index (χ2v) is 6.47. The maximum absolute atomic E-state index is 3.38. The zero-order valence-electron chi connectivity index (χ0n) is 12.6. The minimum Gasteiger partial charge on any atom is -0.317 e. The van der Waals surface area contributed by atoms with E-state index < -0.39 is 0 Å². The lowest BCUT2D eigenvalue weighted by Crippen LogP contribution is -2.47. The van der Waals surface area contributed by atoms with Gasteiger partial charge in [-0.1, -0.05) is 13.8 Å². The maximum Gasteiger partial charge on any atom is 0.0220 e. The van der Waals surface area contributed by atoms with Crippen molar-refractivity contribution in [3.05, 3.63) is 0 Å². The van der Waals surface area contributed by atoms with Crippen LogP contribution in [0.3, 0.4) is 0 Å². The van der Waals surface area contributed by atoms with Crippen LogP contribution in [0.5, 0.6) is 0 Å². The van der Waals surface area contributed by atoms with Crippen LogP contribution < -0.4 is 5.32 Å². The zero-order valence-corrected chi connectivity index (χ0v) is 12.6. The van der Waals surface area contributed by atoms with E-state index in [1.807, 2.05) is 0 Å². The monoisotopic (exact) mass is 241 g/mol. The number of rotatable bonds is 6. The van der Waals surface area contributed by atoms with Crippen molar-refractivity contribution in [3.8, 4) is 0 Å². The predicted octanol–water partition coefficient (Wildman–Crippen LogP) is 1.65. The summed E-state index contributed by atoms with van der Waals surface area (Å²) in [6, 6.07) is 1.31. The molecule has 3 nitrogen and oxygen atoms in total. The summed E-state index contributed by atoms with van der Waals surface area (Å²) in [4.78, 5) is 5.01. The largest absolute Gasteiger partial charge is 0.317 e. The molecule has 102 valence electrons. The Labute approximate surface area is 108 Å². The van der Waals surface area contributed by atoms with Crippen molar-refractivity contribution in [2.75, 3.05) is 40.8 Å². The van der Waals surface area contributed by atoms with E-state index in [4.69, 9.17) is 0 Å². The first-order chi connectivity index (χ1) is 7.86. The molecule has 0 radical (unpaired) electrons. The highest BCUT2D eigenvalue weighted by Crippen LogP contribution is 2.23. The molecule has 0 aromatic carbocycles. The molecular formula is C14H31N3.